The number of nitrogens with zero attached hydrogens (tertiary/aromatic N) is 1. The fraction of sp³-hybridized carbons (Fsp3) is 0.400. The van der Waals surface area contributed by atoms with Crippen LogP contribution in [0.1, 0.15) is 24.8 Å². The lowest BCUT2D eigenvalue weighted by molar-refractivity contribution is -0.0264. The van der Waals surface area contributed by atoms with E-state index in [4.69, 9.17) is 16.3 Å². The van der Waals surface area contributed by atoms with Crippen LogP contribution in [0.3, 0.4) is 0 Å². The van der Waals surface area contributed by atoms with Gasteiger partial charge in [0.15, 0.2) is 0 Å². The zero-order valence-corrected chi connectivity index (χ0v) is 14.6. The van der Waals surface area contributed by atoms with Crippen LogP contribution in [0.4, 0.5) is 0 Å². The average molecular weight is 346 g/mol. The number of ether oxygens (including phenoxy) is 1. The van der Waals surface area contributed by atoms with E-state index in [9.17, 15) is 5.11 Å². The Morgan fingerprint density at radius 3 is 2.33 bits per heavy atom. The van der Waals surface area contributed by atoms with E-state index in [1.165, 1.54) is 0 Å². The molecule has 3 nitrogen and oxygen atoms in total. The maximum absolute atomic E-state index is 10.9. The maximum Gasteiger partial charge on any atom is 0.119 e. The molecule has 1 N–H and O–H groups in total. The average Bonchev–Trinajstić information content (AvgIpc) is 2.62. The first-order valence-corrected chi connectivity index (χ1v) is 8.92. The summed E-state index contributed by atoms with van der Waals surface area (Å²) in [7, 11) is 0. The van der Waals surface area contributed by atoms with Gasteiger partial charge in [0.25, 0.3) is 0 Å². The SMILES string of the molecule is OC1(c2ccc(Cl)cc2)CCN(CCCOc2ccccc2)CC1. The van der Waals surface area contributed by atoms with Crippen LogP contribution in [0.15, 0.2) is 54.6 Å². The van der Waals surface area contributed by atoms with Crippen molar-refractivity contribution in [2.75, 3.05) is 26.2 Å². The Morgan fingerprint density at radius 2 is 1.67 bits per heavy atom. The highest BCUT2D eigenvalue weighted by atomic mass is 35.5. The van der Waals surface area contributed by atoms with Crippen molar-refractivity contribution in [1.29, 1.82) is 0 Å². The number of rotatable bonds is 6. The molecule has 1 aliphatic heterocycles. The van der Waals surface area contributed by atoms with Crippen molar-refractivity contribution in [3.8, 4) is 5.75 Å². The maximum atomic E-state index is 10.9. The van der Waals surface area contributed by atoms with Gasteiger partial charge in [0.05, 0.1) is 12.2 Å². The Kier molecular flexibility index (Phi) is 5.77. The highest BCUT2D eigenvalue weighted by Gasteiger charge is 2.33. The zero-order chi connectivity index (χ0) is 16.8. The van der Waals surface area contributed by atoms with E-state index in [1.807, 2.05) is 54.6 Å². The molecular formula is C20H24ClNO2. The predicted octanol–water partition coefficient (Wildman–Crippen LogP) is 4.09. The molecule has 3 rings (SSSR count). The van der Waals surface area contributed by atoms with Gasteiger partial charge in [0.1, 0.15) is 5.75 Å². The highest BCUT2D eigenvalue weighted by molar-refractivity contribution is 6.30. The minimum Gasteiger partial charge on any atom is -0.494 e. The van der Waals surface area contributed by atoms with E-state index in [-0.39, 0.29) is 0 Å². The molecule has 2 aromatic carbocycles. The standard InChI is InChI=1S/C20H24ClNO2/c21-18-9-7-17(8-10-18)20(23)11-14-22(15-12-20)13-4-16-24-19-5-2-1-3-6-19/h1-3,5-10,23H,4,11-16H2. The van der Waals surface area contributed by atoms with Crippen LogP contribution in [0.5, 0.6) is 5.75 Å². The summed E-state index contributed by atoms with van der Waals surface area (Å²) in [5, 5.41) is 11.6. The fourth-order valence-corrected chi connectivity index (χ4v) is 3.32. The zero-order valence-electron chi connectivity index (χ0n) is 13.8. The largest absolute Gasteiger partial charge is 0.494 e. The summed E-state index contributed by atoms with van der Waals surface area (Å²) in [6, 6.07) is 17.5. The molecule has 1 saturated heterocycles. The van der Waals surface area contributed by atoms with Crippen LogP contribution >= 0.6 is 11.6 Å². The minimum absolute atomic E-state index is 0.707. The summed E-state index contributed by atoms with van der Waals surface area (Å²) in [6.45, 7) is 3.54. The molecule has 1 fully saturated rings. The van der Waals surface area contributed by atoms with E-state index < -0.39 is 5.60 Å². The van der Waals surface area contributed by atoms with Crippen molar-refractivity contribution in [3.63, 3.8) is 0 Å². The van der Waals surface area contributed by atoms with Gasteiger partial charge >= 0.3 is 0 Å². The van der Waals surface area contributed by atoms with Crippen LogP contribution in [-0.2, 0) is 5.60 Å². The Hall–Kier alpha value is -1.55. The number of hydrogen-bond donors (Lipinski definition) is 1. The van der Waals surface area contributed by atoms with Gasteiger partial charge in [-0.2, -0.15) is 0 Å². The van der Waals surface area contributed by atoms with E-state index in [1.54, 1.807) is 0 Å². The third-order valence-corrected chi connectivity index (χ3v) is 4.95. The monoisotopic (exact) mass is 345 g/mol. The Labute approximate surface area is 148 Å². The molecule has 0 atom stereocenters. The van der Waals surface area contributed by atoms with Crippen molar-refractivity contribution in [2.45, 2.75) is 24.9 Å². The second-order valence-corrected chi connectivity index (χ2v) is 6.83. The molecule has 0 aliphatic carbocycles. The number of aliphatic hydroxyl groups is 1. The van der Waals surface area contributed by atoms with E-state index in [2.05, 4.69) is 4.90 Å². The van der Waals surface area contributed by atoms with E-state index in [0.717, 1.165) is 56.8 Å². The summed E-state index contributed by atoms with van der Waals surface area (Å²) in [4.78, 5) is 2.40. The lowest BCUT2D eigenvalue weighted by Gasteiger charge is -2.38. The van der Waals surface area contributed by atoms with Gasteiger partial charge in [-0.1, -0.05) is 41.9 Å². The molecule has 0 unspecified atom stereocenters. The van der Waals surface area contributed by atoms with Crippen molar-refractivity contribution in [1.82, 2.24) is 4.90 Å². The van der Waals surface area contributed by atoms with E-state index >= 15 is 0 Å². The van der Waals surface area contributed by atoms with Gasteiger partial charge in [-0.15, -0.1) is 0 Å². The van der Waals surface area contributed by atoms with Crippen molar-refractivity contribution in [2.24, 2.45) is 0 Å². The molecule has 0 bridgehead atoms. The normalized spacial score (nSPS) is 17.6. The molecule has 2 aromatic rings. The number of hydrogen-bond acceptors (Lipinski definition) is 3. The summed E-state index contributed by atoms with van der Waals surface area (Å²) >= 11 is 5.93. The van der Waals surface area contributed by atoms with Gasteiger partial charge in [-0.3, -0.25) is 0 Å². The van der Waals surface area contributed by atoms with Gasteiger partial charge < -0.3 is 14.7 Å². The molecule has 128 valence electrons. The summed E-state index contributed by atoms with van der Waals surface area (Å²) in [5.41, 5.74) is 0.251. The molecule has 0 spiro atoms. The molecule has 0 aromatic heterocycles. The number of piperidine rings is 1. The number of halogens is 1. The lowest BCUT2D eigenvalue weighted by atomic mass is 9.84. The van der Waals surface area contributed by atoms with Crippen LogP contribution in [0.2, 0.25) is 5.02 Å². The number of para-hydroxylation sites is 1. The second-order valence-electron chi connectivity index (χ2n) is 6.40. The smallest absolute Gasteiger partial charge is 0.119 e. The van der Waals surface area contributed by atoms with Crippen LogP contribution < -0.4 is 4.74 Å². The molecule has 0 saturated carbocycles. The minimum atomic E-state index is -0.721. The first-order chi connectivity index (χ1) is 11.7. The Morgan fingerprint density at radius 1 is 1.00 bits per heavy atom. The molecule has 1 heterocycles. The summed E-state index contributed by atoms with van der Waals surface area (Å²) in [5.74, 6) is 0.924. The second kappa shape index (κ2) is 8.02. The van der Waals surface area contributed by atoms with Gasteiger partial charge in [0, 0.05) is 24.7 Å². The molecule has 4 heteroatoms. The highest BCUT2D eigenvalue weighted by Crippen LogP contribution is 2.33. The Balaban J connectivity index is 1.41. The molecule has 0 radical (unpaired) electrons. The quantitative estimate of drug-likeness (QED) is 0.800. The molecule has 24 heavy (non-hydrogen) atoms. The van der Waals surface area contributed by atoms with E-state index in [0.29, 0.717) is 5.02 Å². The lowest BCUT2D eigenvalue weighted by Crippen LogP contribution is -2.43. The van der Waals surface area contributed by atoms with Crippen LogP contribution in [-0.4, -0.2) is 36.2 Å². The van der Waals surface area contributed by atoms with Gasteiger partial charge in [-0.25, -0.2) is 0 Å². The molecule has 1 aliphatic rings. The van der Waals surface area contributed by atoms with Crippen molar-refractivity contribution in [3.05, 3.63) is 65.2 Å². The summed E-state index contributed by atoms with van der Waals surface area (Å²) in [6.07, 6.45) is 2.51. The third-order valence-electron chi connectivity index (χ3n) is 4.70. The third kappa shape index (κ3) is 4.50. The predicted molar refractivity (Wildman–Crippen MR) is 97.6 cm³/mol. The van der Waals surface area contributed by atoms with Crippen molar-refractivity contribution >= 4 is 11.6 Å². The van der Waals surface area contributed by atoms with Gasteiger partial charge in [0.2, 0.25) is 0 Å². The topological polar surface area (TPSA) is 32.7 Å². The summed E-state index contributed by atoms with van der Waals surface area (Å²) < 4.78 is 5.73. The Bertz CT molecular complexity index is 622. The molecule has 0 amide bonds. The van der Waals surface area contributed by atoms with Crippen molar-refractivity contribution < 1.29 is 9.84 Å². The van der Waals surface area contributed by atoms with Crippen LogP contribution in [0, 0.1) is 0 Å². The number of likely N-dealkylation sites (tertiary alicyclic amines) is 1. The first-order valence-electron chi connectivity index (χ1n) is 8.54. The fourth-order valence-electron chi connectivity index (χ4n) is 3.19. The molecular weight excluding hydrogens is 322 g/mol. The van der Waals surface area contributed by atoms with Crippen LogP contribution in [0.25, 0.3) is 0 Å². The number of benzene rings is 2. The first kappa shape index (κ1) is 17.3. The van der Waals surface area contributed by atoms with Gasteiger partial charge in [-0.05, 0) is 49.1 Å².